The van der Waals surface area contributed by atoms with Crippen LogP contribution in [0.2, 0.25) is 0 Å². The van der Waals surface area contributed by atoms with Crippen molar-refractivity contribution in [1.82, 2.24) is 25.5 Å². The van der Waals surface area contributed by atoms with E-state index in [2.05, 4.69) is 39.0 Å². The van der Waals surface area contributed by atoms with Gasteiger partial charge in [-0.15, -0.1) is 5.10 Å². The van der Waals surface area contributed by atoms with Crippen molar-refractivity contribution in [3.63, 3.8) is 0 Å². The maximum atomic E-state index is 12.6. The van der Waals surface area contributed by atoms with E-state index in [4.69, 9.17) is 4.74 Å². The van der Waals surface area contributed by atoms with Crippen molar-refractivity contribution in [2.45, 2.75) is 37.4 Å². The quantitative estimate of drug-likeness (QED) is 0.630. The summed E-state index contributed by atoms with van der Waals surface area (Å²) < 4.78 is 7.04. The molecule has 0 radical (unpaired) electrons. The first-order chi connectivity index (χ1) is 14.2. The highest BCUT2D eigenvalue weighted by atomic mass is 32.2. The number of aromatic nitrogens is 4. The molecule has 7 nitrogen and oxygen atoms in total. The van der Waals surface area contributed by atoms with Crippen LogP contribution < -0.4 is 10.1 Å². The lowest BCUT2D eigenvalue weighted by Crippen LogP contribution is -2.32. The molecule has 1 amide bonds. The number of nitrogens with one attached hydrogen (secondary N) is 1. The summed E-state index contributed by atoms with van der Waals surface area (Å²) >= 11 is 1.31. The van der Waals surface area contributed by atoms with Gasteiger partial charge in [-0.3, -0.25) is 4.79 Å². The number of hydrogen-bond acceptors (Lipinski definition) is 6. The molecule has 8 heteroatoms. The molecule has 150 valence electrons. The smallest absolute Gasteiger partial charge is 0.230 e. The van der Waals surface area contributed by atoms with Crippen molar-refractivity contribution in [1.29, 1.82) is 0 Å². The van der Waals surface area contributed by atoms with Crippen LogP contribution in [0.3, 0.4) is 0 Å². The fourth-order valence-corrected chi connectivity index (χ4v) is 4.35. The number of thioether (sulfide) groups is 1. The van der Waals surface area contributed by atoms with Gasteiger partial charge in [0, 0.05) is 0 Å². The zero-order valence-corrected chi connectivity index (χ0v) is 17.3. The van der Waals surface area contributed by atoms with Crippen LogP contribution in [0.4, 0.5) is 0 Å². The van der Waals surface area contributed by atoms with Gasteiger partial charge in [0.05, 0.1) is 18.9 Å². The second kappa shape index (κ2) is 8.65. The summed E-state index contributed by atoms with van der Waals surface area (Å²) in [7, 11) is 1.61. The predicted molar refractivity (Wildman–Crippen MR) is 111 cm³/mol. The molecule has 1 aromatic heterocycles. The fraction of sp³-hybridized carbons (Fsp3) is 0.333. The number of carbonyl (C=O) groups is 1. The van der Waals surface area contributed by atoms with Gasteiger partial charge in [-0.25, -0.2) is 0 Å². The molecule has 0 aliphatic heterocycles. The Hall–Kier alpha value is -2.87. The van der Waals surface area contributed by atoms with Crippen LogP contribution in [-0.2, 0) is 11.2 Å². The number of nitrogens with zero attached hydrogens (tertiary/aromatic N) is 4. The average Bonchev–Trinajstić information content (AvgIpc) is 3.21. The van der Waals surface area contributed by atoms with E-state index in [1.54, 1.807) is 11.8 Å². The largest absolute Gasteiger partial charge is 0.494 e. The molecular weight excluding hydrogens is 386 g/mol. The second-order valence-corrected chi connectivity index (χ2v) is 7.99. The minimum atomic E-state index is -0.0255. The van der Waals surface area contributed by atoms with Crippen LogP contribution in [0.15, 0.2) is 47.6 Å². The summed E-state index contributed by atoms with van der Waals surface area (Å²) in [5.74, 6) is 0.892. The normalized spacial score (nSPS) is 15.6. The molecule has 0 bridgehead atoms. The molecule has 0 saturated heterocycles. The minimum absolute atomic E-state index is 0.0255. The van der Waals surface area contributed by atoms with Crippen molar-refractivity contribution >= 4 is 17.7 Å². The molecule has 2 aromatic carbocycles. The monoisotopic (exact) mass is 409 g/mol. The van der Waals surface area contributed by atoms with Crippen molar-refractivity contribution in [2.24, 2.45) is 0 Å². The molecule has 0 spiro atoms. The highest BCUT2D eigenvalue weighted by Gasteiger charge is 2.22. The number of methoxy groups -OCH3 is 1. The standard InChI is InChI=1S/C21H23N5O2S/c1-14-10-11-19(28-2)18(12-14)26-21(23-24-25-26)29-13-20(27)22-17-9-5-7-15-6-3-4-8-16(15)17/h3-4,6,8,10-12,17H,5,7,9,13H2,1-2H3,(H,22,27)/t17-/m1/s1. The van der Waals surface area contributed by atoms with Gasteiger partial charge in [0.1, 0.15) is 11.4 Å². The molecule has 1 aliphatic carbocycles. The number of tetrazole rings is 1. The van der Waals surface area contributed by atoms with Crippen molar-refractivity contribution in [2.75, 3.05) is 12.9 Å². The summed E-state index contributed by atoms with van der Waals surface area (Å²) in [6.45, 7) is 2.00. The van der Waals surface area contributed by atoms with Gasteiger partial charge < -0.3 is 10.1 Å². The van der Waals surface area contributed by atoms with Crippen molar-refractivity contribution in [3.05, 3.63) is 59.2 Å². The first-order valence-electron chi connectivity index (χ1n) is 9.59. The number of benzene rings is 2. The summed E-state index contributed by atoms with van der Waals surface area (Å²) in [5.41, 5.74) is 4.38. The molecule has 4 rings (SSSR count). The first-order valence-corrected chi connectivity index (χ1v) is 10.6. The first kappa shape index (κ1) is 19.4. The van der Waals surface area contributed by atoms with E-state index < -0.39 is 0 Å². The summed E-state index contributed by atoms with van der Waals surface area (Å²) in [6.07, 6.45) is 3.12. The van der Waals surface area contributed by atoms with Gasteiger partial charge in [0.15, 0.2) is 0 Å². The van der Waals surface area contributed by atoms with Crippen LogP contribution in [-0.4, -0.2) is 39.0 Å². The van der Waals surface area contributed by atoms with Crippen molar-refractivity contribution < 1.29 is 9.53 Å². The third kappa shape index (κ3) is 4.27. The van der Waals surface area contributed by atoms with E-state index >= 15 is 0 Å². The average molecular weight is 410 g/mol. The van der Waals surface area contributed by atoms with Gasteiger partial charge in [-0.05, 0) is 65.4 Å². The van der Waals surface area contributed by atoms with E-state index in [1.807, 2.05) is 31.2 Å². The van der Waals surface area contributed by atoms with Crippen LogP contribution in [0.1, 0.15) is 35.6 Å². The zero-order valence-electron chi connectivity index (χ0n) is 16.5. The number of aryl methyl sites for hydroxylation is 2. The van der Waals surface area contributed by atoms with Gasteiger partial charge in [-0.1, -0.05) is 42.1 Å². The SMILES string of the molecule is COc1ccc(C)cc1-n1nnnc1SCC(=O)N[C@@H]1CCCc2ccccc21. The molecule has 1 aliphatic rings. The maximum absolute atomic E-state index is 12.6. The third-order valence-electron chi connectivity index (χ3n) is 5.04. The zero-order chi connectivity index (χ0) is 20.2. The Bertz CT molecular complexity index is 1020. The topological polar surface area (TPSA) is 81.9 Å². The highest BCUT2D eigenvalue weighted by Crippen LogP contribution is 2.30. The lowest BCUT2D eigenvalue weighted by Gasteiger charge is -2.26. The van der Waals surface area contributed by atoms with E-state index in [0.29, 0.717) is 10.9 Å². The van der Waals surface area contributed by atoms with E-state index in [-0.39, 0.29) is 17.7 Å². The molecule has 3 aromatic rings. The van der Waals surface area contributed by atoms with Crippen molar-refractivity contribution in [3.8, 4) is 11.4 Å². The number of fused-ring (bicyclic) bond motifs is 1. The number of amides is 1. The van der Waals surface area contributed by atoms with Gasteiger partial charge in [0.25, 0.3) is 0 Å². The Morgan fingerprint density at radius 1 is 1.31 bits per heavy atom. The summed E-state index contributed by atoms with van der Waals surface area (Å²) in [6, 6.07) is 14.2. The molecule has 1 atom stereocenters. The number of ether oxygens (including phenoxy) is 1. The lowest BCUT2D eigenvalue weighted by atomic mass is 9.88. The molecule has 29 heavy (non-hydrogen) atoms. The van der Waals surface area contributed by atoms with Gasteiger partial charge in [0.2, 0.25) is 11.1 Å². The fourth-order valence-electron chi connectivity index (χ4n) is 3.66. The number of carbonyl (C=O) groups excluding carboxylic acids is 1. The molecular formula is C21H23N5O2S. The molecule has 1 N–H and O–H groups in total. The number of hydrogen-bond donors (Lipinski definition) is 1. The number of rotatable bonds is 6. The Balaban J connectivity index is 1.44. The Morgan fingerprint density at radius 2 is 2.17 bits per heavy atom. The van der Waals surface area contributed by atoms with Gasteiger partial charge >= 0.3 is 0 Å². The summed E-state index contributed by atoms with van der Waals surface area (Å²) in [5, 5.41) is 15.7. The molecule has 0 unspecified atom stereocenters. The van der Waals surface area contributed by atoms with Gasteiger partial charge in [-0.2, -0.15) is 4.68 Å². The predicted octanol–water partition coefficient (Wildman–Crippen LogP) is 3.27. The minimum Gasteiger partial charge on any atom is -0.494 e. The van der Waals surface area contributed by atoms with E-state index in [0.717, 1.165) is 30.5 Å². The van der Waals surface area contributed by atoms with Crippen LogP contribution in [0.5, 0.6) is 5.75 Å². The van der Waals surface area contributed by atoms with E-state index in [1.165, 1.54) is 22.9 Å². The molecule has 0 saturated carbocycles. The molecule has 0 fully saturated rings. The summed E-state index contributed by atoms with van der Waals surface area (Å²) in [4.78, 5) is 12.6. The Kier molecular flexibility index (Phi) is 5.80. The van der Waals surface area contributed by atoms with E-state index in [9.17, 15) is 4.79 Å². The van der Waals surface area contributed by atoms with Crippen LogP contribution in [0, 0.1) is 6.92 Å². The second-order valence-electron chi connectivity index (χ2n) is 7.05. The highest BCUT2D eigenvalue weighted by molar-refractivity contribution is 7.99. The lowest BCUT2D eigenvalue weighted by molar-refractivity contribution is -0.119. The van der Waals surface area contributed by atoms with Crippen LogP contribution in [0.25, 0.3) is 5.69 Å². The maximum Gasteiger partial charge on any atom is 0.230 e. The Labute approximate surface area is 173 Å². The molecule has 1 heterocycles. The third-order valence-corrected chi connectivity index (χ3v) is 5.96. The Morgan fingerprint density at radius 3 is 3.03 bits per heavy atom. The van der Waals surface area contributed by atoms with Crippen LogP contribution >= 0.6 is 11.8 Å².